The van der Waals surface area contributed by atoms with Gasteiger partial charge >= 0.3 is 5.97 Å². The number of carbonyl (C=O) groups excluding carboxylic acids is 1. The molecule has 0 amide bonds. The molecule has 0 radical (unpaired) electrons. The van der Waals surface area contributed by atoms with Gasteiger partial charge < -0.3 is 14.2 Å². The first-order chi connectivity index (χ1) is 15.5. The first kappa shape index (κ1) is 23.3. The second-order valence-electron chi connectivity index (χ2n) is 6.89. The van der Waals surface area contributed by atoms with Crippen molar-refractivity contribution in [1.82, 2.24) is 4.98 Å². The summed E-state index contributed by atoms with van der Waals surface area (Å²) in [6.45, 7) is 2.74. The lowest BCUT2D eigenvalue weighted by atomic mass is 10.2. The number of ether oxygens (including phenoxy) is 3. The predicted octanol–water partition coefficient (Wildman–Crippen LogP) is 6.60. The Labute approximate surface area is 191 Å². The molecule has 3 aromatic rings. The molecule has 166 valence electrons. The first-order valence-corrected chi connectivity index (χ1v) is 10.6. The Bertz CT molecular complexity index is 1050. The second kappa shape index (κ2) is 11.9. The molecule has 0 N–H and O–H groups in total. The van der Waals surface area contributed by atoms with E-state index in [2.05, 4.69) is 4.98 Å². The highest BCUT2D eigenvalue weighted by molar-refractivity contribution is 6.32. The van der Waals surface area contributed by atoms with Crippen molar-refractivity contribution in [2.75, 3.05) is 6.61 Å². The fraction of sp³-hybridized carbons (Fsp3) is 0.200. The standard InChI is InChI=1S/C25H23ClFNO4/c1-2-3-14-30-25(29)13-7-18-6-11-23(22(26)15-18)32-24-12-10-21(16-28-24)31-17-19-4-8-20(27)9-5-19/h4-13,15-16H,2-3,14,17H2,1H3/b13-7+. The second-order valence-corrected chi connectivity index (χ2v) is 7.30. The maximum atomic E-state index is 13.0. The van der Waals surface area contributed by atoms with E-state index < -0.39 is 0 Å². The van der Waals surface area contributed by atoms with Crippen LogP contribution in [0.2, 0.25) is 5.02 Å². The van der Waals surface area contributed by atoms with Gasteiger partial charge in [0.05, 0.1) is 17.8 Å². The smallest absolute Gasteiger partial charge is 0.330 e. The lowest BCUT2D eigenvalue weighted by molar-refractivity contribution is -0.137. The fourth-order valence-corrected chi connectivity index (χ4v) is 2.83. The van der Waals surface area contributed by atoms with Crippen molar-refractivity contribution >= 4 is 23.6 Å². The van der Waals surface area contributed by atoms with E-state index in [-0.39, 0.29) is 11.8 Å². The third kappa shape index (κ3) is 7.39. The lowest BCUT2D eigenvalue weighted by Gasteiger charge is -2.09. The molecule has 0 fully saturated rings. The molecule has 0 bridgehead atoms. The molecule has 0 atom stereocenters. The normalized spacial score (nSPS) is 10.8. The van der Waals surface area contributed by atoms with E-state index >= 15 is 0 Å². The van der Waals surface area contributed by atoms with Gasteiger partial charge in [-0.05, 0) is 54.0 Å². The van der Waals surface area contributed by atoms with E-state index in [0.717, 1.165) is 24.0 Å². The van der Waals surface area contributed by atoms with Crippen molar-refractivity contribution < 1.29 is 23.4 Å². The van der Waals surface area contributed by atoms with E-state index in [0.29, 0.717) is 35.6 Å². The van der Waals surface area contributed by atoms with Crippen molar-refractivity contribution in [2.45, 2.75) is 26.4 Å². The molecule has 0 aliphatic carbocycles. The maximum Gasteiger partial charge on any atom is 0.330 e. The molecule has 7 heteroatoms. The highest BCUT2D eigenvalue weighted by atomic mass is 35.5. The largest absolute Gasteiger partial charge is 0.487 e. The number of nitrogens with zero attached hydrogens (tertiary/aromatic N) is 1. The highest BCUT2D eigenvalue weighted by Gasteiger charge is 2.06. The monoisotopic (exact) mass is 455 g/mol. The van der Waals surface area contributed by atoms with Gasteiger partial charge in [-0.15, -0.1) is 0 Å². The van der Waals surface area contributed by atoms with Crippen molar-refractivity contribution in [3.8, 4) is 17.4 Å². The van der Waals surface area contributed by atoms with Crippen LogP contribution in [0.4, 0.5) is 4.39 Å². The van der Waals surface area contributed by atoms with Crippen molar-refractivity contribution in [1.29, 1.82) is 0 Å². The van der Waals surface area contributed by atoms with Gasteiger partial charge in [0.1, 0.15) is 23.9 Å². The van der Waals surface area contributed by atoms with Crippen LogP contribution in [0.1, 0.15) is 30.9 Å². The topological polar surface area (TPSA) is 57.7 Å². The van der Waals surface area contributed by atoms with E-state index in [1.165, 1.54) is 24.4 Å². The van der Waals surface area contributed by atoms with Gasteiger partial charge in [0, 0.05) is 12.1 Å². The van der Waals surface area contributed by atoms with Crippen LogP contribution in [0.25, 0.3) is 6.08 Å². The molecule has 32 heavy (non-hydrogen) atoms. The van der Waals surface area contributed by atoms with E-state index in [1.807, 2.05) is 6.92 Å². The molecular weight excluding hydrogens is 433 g/mol. The molecule has 0 spiro atoms. The first-order valence-electron chi connectivity index (χ1n) is 10.2. The number of carbonyl (C=O) groups is 1. The van der Waals surface area contributed by atoms with Gasteiger partial charge in [-0.2, -0.15) is 0 Å². The van der Waals surface area contributed by atoms with Crippen molar-refractivity contribution in [3.05, 3.63) is 88.8 Å². The molecule has 5 nitrogen and oxygen atoms in total. The van der Waals surface area contributed by atoms with E-state index in [1.54, 1.807) is 48.5 Å². The average molecular weight is 456 g/mol. The van der Waals surface area contributed by atoms with Gasteiger partial charge in [0.2, 0.25) is 5.88 Å². The number of rotatable bonds is 10. The molecule has 1 aromatic heterocycles. The van der Waals surface area contributed by atoms with Crippen LogP contribution in [0, 0.1) is 5.82 Å². The molecule has 0 aliphatic heterocycles. The van der Waals surface area contributed by atoms with E-state index in [9.17, 15) is 9.18 Å². The summed E-state index contributed by atoms with van der Waals surface area (Å²) in [4.78, 5) is 15.9. The summed E-state index contributed by atoms with van der Waals surface area (Å²) in [6.07, 6.45) is 6.35. The molecule has 0 unspecified atom stereocenters. The Hall–Kier alpha value is -3.38. The van der Waals surface area contributed by atoms with Gasteiger partial charge in [-0.25, -0.2) is 14.2 Å². The van der Waals surface area contributed by atoms with Crippen molar-refractivity contribution in [2.24, 2.45) is 0 Å². The van der Waals surface area contributed by atoms with Gasteiger partial charge in [0.25, 0.3) is 0 Å². The Kier molecular flexibility index (Phi) is 8.63. The Morgan fingerprint density at radius 1 is 1.12 bits per heavy atom. The fourth-order valence-electron chi connectivity index (χ4n) is 2.61. The molecule has 1 heterocycles. The zero-order valence-electron chi connectivity index (χ0n) is 17.6. The van der Waals surface area contributed by atoms with Gasteiger partial charge in [0.15, 0.2) is 0 Å². The summed E-state index contributed by atoms with van der Waals surface area (Å²) < 4.78 is 29.4. The van der Waals surface area contributed by atoms with Crippen LogP contribution < -0.4 is 9.47 Å². The number of aromatic nitrogens is 1. The van der Waals surface area contributed by atoms with Crippen LogP contribution in [-0.2, 0) is 16.1 Å². The van der Waals surface area contributed by atoms with Gasteiger partial charge in [-0.1, -0.05) is 43.1 Å². The molecule has 2 aromatic carbocycles. The Balaban J connectivity index is 1.54. The summed E-state index contributed by atoms with van der Waals surface area (Å²) in [6, 6.07) is 14.6. The third-order valence-electron chi connectivity index (χ3n) is 4.35. The molecule has 0 saturated carbocycles. The highest BCUT2D eigenvalue weighted by Crippen LogP contribution is 2.30. The van der Waals surface area contributed by atoms with Crippen LogP contribution in [-0.4, -0.2) is 17.6 Å². The quantitative estimate of drug-likeness (QED) is 0.196. The minimum Gasteiger partial charge on any atom is -0.487 e. The number of halogens is 2. The zero-order valence-corrected chi connectivity index (χ0v) is 18.3. The number of esters is 1. The number of benzene rings is 2. The molecule has 0 aliphatic rings. The van der Waals surface area contributed by atoms with Crippen LogP contribution in [0.5, 0.6) is 17.4 Å². The number of hydrogen-bond donors (Lipinski definition) is 0. The zero-order chi connectivity index (χ0) is 22.8. The summed E-state index contributed by atoms with van der Waals surface area (Å²) in [7, 11) is 0. The summed E-state index contributed by atoms with van der Waals surface area (Å²) in [5.74, 6) is 0.662. The number of hydrogen-bond acceptors (Lipinski definition) is 5. The minimum absolute atomic E-state index is 0.287. The molecule has 3 rings (SSSR count). The number of pyridine rings is 1. The average Bonchev–Trinajstić information content (AvgIpc) is 2.80. The Morgan fingerprint density at radius 2 is 1.94 bits per heavy atom. The minimum atomic E-state index is -0.388. The van der Waals surface area contributed by atoms with Crippen molar-refractivity contribution in [3.63, 3.8) is 0 Å². The molecule has 0 saturated heterocycles. The van der Waals surface area contributed by atoms with Crippen LogP contribution in [0.3, 0.4) is 0 Å². The van der Waals surface area contributed by atoms with Gasteiger partial charge in [-0.3, -0.25) is 0 Å². The predicted molar refractivity (Wildman–Crippen MR) is 121 cm³/mol. The number of unbranched alkanes of at least 4 members (excludes halogenated alkanes) is 1. The molecular formula is C25H23ClFNO4. The van der Waals surface area contributed by atoms with E-state index in [4.69, 9.17) is 25.8 Å². The SMILES string of the molecule is CCCCOC(=O)/C=C/c1ccc(Oc2ccc(OCc3ccc(F)cc3)cn2)c(Cl)c1. The summed E-state index contributed by atoms with van der Waals surface area (Å²) >= 11 is 6.30. The summed E-state index contributed by atoms with van der Waals surface area (Å²) in [5, 5.41) is 0.380. The van der Waals surface area contributed by atoms with Crippen LogP contribution >= 0.6 is 11.6 Å². The third-order valence-corrected chi connectivity index (χ3v) is 4.65. The lowest BCUT2D eigenvalue weighted by Crippen LogP contribution is -2.01. The summed E-state index contributed by atoms with van der Waals surface area (Å²) in [5.41, 5.74) is 1.59. The maximum absolute atomic E-state index is 13.0. The Morgan fingerprint density at radius 3 is 2.62 bits per heavy atom. The van der Waals surface area contributed by atoms with Crippen LogP contribution in [0.15, 0.2) is 66.9 Å².